The quantitative estimate of drug-likeness (QED) is 0.185. The van der Waals surface area contributed by atoms with E-state index >= 15 is 0 Å². The highest BCUT2D eigenvalue weighted by Crippen LogP contribution is 2.45. The number of nitrogens with zero attached hydrogens (tertiary/aromatic N) is 1. The van der Waals surface area contributed by atoms with Crippen LogP contribution in [-0.2, 0) is 4.74 Å². The fraction of sp³-hybridized carbons (Fsp3) is 0.179. The Morgan fingerprint density at radius 1 is 0.839 bits per heavy atom. The van der Waals surface area contributed by atoms with Crippen molar-refractivity contribution in [1.82, 2.24) is 0 Å². The standard InChI is InChI=1S/C28H27NO2/c1-4-6-19-31-26(5-2)29-24-17-15-20-11-7-9-13-22(20)27(24)28-23-14-10-8-12-21(23)16-18-25(28)30-3/h4,6-18H,5,19H2,1-3H3/b6-4+,29-26?. The van der Waals surface area contributed by atoms with Crippen molar-refractivity contribution >= 4 is 33.1 Å². The molecule has 3 heteroatoms. The SMILES string of the molecule is C/C=C/COC(CC)=Nc1ccc2ccccc2c1-c1c(OC)ccc2ccccc12. The lowest BCUT2D eigenvalue weighted by molar-refractivity contribution is 0.341. The predicted molar refractivity (Wildman–Crippen MR) is 132 cm³/mol. The maximum absolute atomic E-state index is 5.91. The fourth-order valence-corrected chi connectivity index (χ4v) is 3.88. The van der Waals surface area contributed by atoms with Crippen LogP contribution < -0.4 is 4.74 Å². The molecule has 4 aromatic carbocycles. The molecule has 156 valence electrons. The van der Waals surface area contributed by atoms with Crippen LogP contribution in [0, 0.1) is 0 Å². The number of hydrogen-bond acceptors (Lipinski definition) is 3. The third-order valence-corrected chi connectivity index (χ3v) is 5.40. The summed E-state index contributed by atoms with van der Waals surface area (Å²) in [6, 6.07) is 25.1. The van der Waals surface area contributed by atoms with Crippen molar-refractivity contribution in [3.8, 4) is 16.9 Å². The molecule has 0 aliphatic rings. The van der Waals surface area contributed by atoms with Crippen molar-refractivity contribution < 1.29 is 9.47 Å². The molecule has 0 heterocycles. The van der Waals surface area contributed by atoms with Crippen LogP contribution >= 0.6 is 0 Å². The topological polar surface area (TPSA) is 30.8 Å². The third-order valence-electron chi connectivity index (χ3n) is 5.40. The molecule has 3 nitrogen and oxygen atoms in total. The number of benzene rings is 4. The van der Waals surface area contributed by atoms with Gasteiger partial charge in [0.15, 0.2) is 5.90 Å². The molecule has 0 aliphatic carbocycles. The molecule has 0 aliphatic heterocycles. The lowest BCUT2D eigenvalue weighted by atomic mass is 9.91. The molecule has 0 atom stereocenters. The van der Waals surface area contributed by atoms with Crippen LogP contribution in [0.3, 0.4) is 0 Å². The molecule has 0 aromatic heterocycles. The molecular formula is C28H27NO2. The lowest BCUT2D eigenvalue weighted by Gasteiger charge is -2.17. The zero-order valence-electron chi connectivity index (χ0n) is 18.3. The van der Waals surface area contributed by atoms with Crippen molar-refractivity contribution in [2.45, 2.75) is 20.3 Å². The molecule has 0 N–H and O–H groups in total. The Morgan fingerprint density at radius 2 is 1.48 bits per heavy atom. The Bertz CT molecular complexity index is 1270. The molecular weight excluding hydrogens is 382 g/mol. The number of rotatable bonds is 6. The van der Waals surface area contributed by atoms with E-state index in [9.17, 15) is 0 Å². The second-order valence-corrected chi connectivity index (χ2v) is 7.28. The van der Waals surface area contributed by atoms with Crippen molar-refractivity contribution in [3.05, 3.63) is 84.9 Å². The van der Waals surface area contributed by atoms with Crippen molar-refractivity contribution in [2.24, 2.45) is 4.99 Å². The van der Waals surface area contributed by atoms with Gasteiger partial charge in [0, 0.05) is 17.5 Å². The van der Waals surface area contributed by atoms with Gasteiger partial charge in [0.25, 0.3) is 0 Å². The number of aliphatic imine (C=N–C) groups is 1. The highest BCUT2D eigenvalue weighted by molar-refractivity contribution is 6.11. The van der Waals surface area contributed by atoms with E-state index in [1.165, 1.54) is 10.8 Å². The van der Waals surface area contributed by atoms with E-state index in [2.05, 4.69) is 73.7 Å². The number of hydrogen-bond donors (Lipinski definition) is 0. The number of methoxy groups -OCH3 is 1. The summed E-state index contributed by atoms with van der Waals surface area (Å²) in [5, 5.41) is 4.62. The first kappa shape index (κ1) is 20.7. The molecule has 0 fully saturated rings. The van der Waals surface area contributed by atoms with Crippen LogP contribution in [0.15, 0.2) is 89.9 Å². The van der Waals surface area contributed by atoms with Crippen LogP contribution in [0.4, 0.5) is 5.69 Å². The van der Waals surface area contributed by atoms with E-state index < -0.39 is 0 Å². The molecule has 0 spiro atoms. The zero-order chi connectivity index (χ0) is 21.6. The molecule has 0 bridgehead atoms. The van der Waals surface area contributed by atoms with Gasteiger partial charge < -0.3 is 9.47 Å². The van der Waals surface area contributed by atoms with E-state index in [1.54, 1.807) is 7.11 Å². The van der Waals surface area contributed by atoms with Crippen LogP contribution in [0.25, 0.3) is 32.7 Å². The molecule has 4 aromatic rings. The Kier molecular flexibility index (Phi) is 6.32. The van der Waals surface area contributed by atoms with Crippen molar-refractivity contribution in [3.63, 3.8) is 0 Å². The van der Waals surface area contributed by atoms with Gasteiger partial charge in [0.2, 0.25) is 0 Å². The minimum absolute atomic E-state index is 0.518. The highest BCUT2D eigenvalue weighted by Gasteiger charge is 2.18. The monoisotopic (exact) mass is 409 g/mol. The van der Waals surface area contributed by atoms with Crippen LogP contribution in [0.5, 0.6) is 5.75 Å². The second kappa shape index (κ2) is 9.48. The minimum atomic E-state index is 0.518. The smallest absolute Gasteiger partial charge is 0.188 e. The first-order valence-electron chi connectivity index (χ1n) is 10.7. The van der Waals surface area contributed by atoms with Gasteiger partial charge in [0.1, 0.15) is 12.4 Å². The summed E-state index contributed by atoms with van der Waals surface area (Å²) in [7, 11) is 1.72. The summed E-state index contributed by atoms with van der Waals surface area (Å²) in [5.74, 6) is 1.55. The lowest BCUT2D eigenvalue weighted by Crippen LogP contribution is -2.03. The average Bonchev–Trinajstić information content (AvgIpc) is 2.82. The normalized spacial score (nSPS) is 12.0. The van der Waals surface area contributed by atoms with Gasteiger partial charge >= 0.3 is 0 Å². The molecule has 0 amide bonds. The summed E-state index contributed by atoms with van der Waals surface area (Å²) in [5.41, 5.74) is 3.00. The van der Waals surface area contributed by atoms with Crippen LogP contribution in [-0.4, -0.2) is 19.6 Å². The molecule has 0 saturated carbocycles. The number of allylic oxidation sites excluding steroid dienone is 1. The van der Waals surface area contributed by atoms with Crippen molar-refractivity contribution in [1.29, 1.82) is 0 Å². The Hall–Kier alpha value is -3.59. The molecule has 31 heavy (non-hydrogen) atoms. The van der Waals surface area contributed by atoms with Gasteiger partial charge in [0.05, 0.1) is 12.8 Å². The average molecular weight is 410 g/mol. The van der Waals surface area contributed by atoms with Gasteiger partial charge in [-0.25, -0.2) is 4.99 Å². The van der Waals surface area contributed by atoms with E-state index in [0.717, 1.165) is 39.8 Å². The number of ether oxygens (including phenoxy) is 2. The summed E-state index contributed by atoms with van der Waals surface area (Å²) >= 11 is 0. The Balaban J connectivity index is 2.04. The molecule has 0 radical (unpaired) electrons. The highest BCUT2D eigenvalue weighted by atomic mass is 16.5. The zero-order valence-corrected chi connectivity index (χ0v) is 18.3. The van der Waals surface area contributed by atoms with Gasteiger partial charge in [-0.1, -0.05) is 79.7 Å². The molecule has 4 rings (SSSR count). The van der Waals surface area contributed by atoms with Crippen LogP contribution in [0.1, 0.15) is 20.3 Å². The maximum atomic E-state index is 5.91. The van der Waals surface area contributed by atoms with Gasteiger partial charge in [-0.2, -0.15) is 0 Å². The van der Waals surface area contributed by atoms with Gasteiger partial charge in [-0.05, 0) is 40.6 Å². The summed E-state index contributed by atoms with van der Waals surface area (Å²) in [6.07, 6.45) is 4.69. The fourth-order valence-electron chi connectivity index (χ4n) is 3.88. The minimum Gasteiger partial charge on any atom is -0.496 e. The summed E-state index contributed by atoms with van der Waals surface area (Å²) < 4.78 is 11.7. The number of fused-ring (bicyclic) bond motifs is 2. The second-order valence-electron chi connectivity index (χ2n) is 7.28. The maximum Gasteiger partial charge on any atom is 0.188 e. The molecule has 0 saturated heterocycles. The van der Waals surface area contributed by atoms with Gasteiger partial charge in [-0.15, -0.1) is 0 Å². The summed E-state index contributed by atoms with van der Waals surface area (Å²) in [6.45, 7) is 4.57. The van der Waals surface area contributed by atoms with Crippen LogP contribution in [0.2, 0.25) is 0 Å². The third kappa shape index (κ3) is 4.17. The van der Waals surface area contributed by atoms with Crippen molar-refractivity contribution in [2.75, 3.05) is 13.7 Å². The van der Waals surface area contributed by atoms with Gasteiger partial charge in [-0.3, -0.25) is 0 Å². The Morgan fingerprint density at radius 3 is 2.13 bits per heavy atom. The van der Waals surface area contributed by atoms with E-state index in [1.807, 2.05) is 25.1 Å². The van der Waals surface area contributed by atoms with E-state index in [-0.39, 0.29) is 0 Å². The van der Waals surface area contributed by atoms with E-state index in [4.69, 9.17) is 14.5 Å². The van der Waals surface area contributed by atoms with E-state index in [0.29, 0.717) is 12.5 Å². The predicted octanol–water partition coefficient (Wildman–Crippen LogP) is 7.70. The largest absolute Gasteiger partial charge is 0.496 e. The molecule has 0 unspecified atom stereocenters. The first-order valence-corrected chi connectivity index (χ1v) is 10.7. The summed E-state index contributed by atoms with van der Waals surface area (Å²) in [4.78, 5) is 4.96. The first-order chi connectivity index (χ1) is 15.3. The Labute approximate surface area is 183 Å².